The molecule has 0 atom stereocenters. The van der Waals surface area contributed by atoms with Crippen molar-refractivity contribution in [3.63, 3.8) is 0 Å². The standard InChI is InChI=1S/C20H16N4O7S2/c1-11-4-3-5-15(24(29)30)18(11)22-17(25)9-31-19(26)14-8-13(23(27)28)6-7-16(14)33-20-21-12(2)10-32-20/h3-8,10H,9H2,1-2H3,(H,22,25). The molecule has 3 aromatic rings. The third-order valence-corrected chi connectivity index (χ3v) is 6.37. The van der Waals surface area contributed by atoms with E-state index in [4.69, 9.17) is 4.74 Å². The molecule has 0 aliphatic carbocycles. The first-order valence-corrected chi connectivity index (χ1v) is 10.9. The molecule has 0 fully saturated rings. The number of nitro benzene ring substituents is 2. The average molecular weight is 489 g/mol. The summed E-state index contributed by atoms with van der Waals surface area (Å²) in [5.41, 5.74) is 0.522. The Balaban J connectivity index is 1.77. The number of benzene rings is 2. The number of amides is 1. The first-order valence-electron chi connectivity index (χ1n) is 9.25. The summed E-state index contributed by atoms with van der Waals surface area (Å²) in [7, 11) is 0. The van der Waals surface area contributed by atoms with Crippen molar-refractivity contribution in [2.24, 2.45) is 0 Å². The van der Waals surface area contributed by atoms with Gasteiger partial charge in [-0.25, -0.2) is 9.78 Å². The summed E-state index contributed by atoms with van der Waals surface area (Å²) in [4.78, 5) is 50.7. The summed E-state index contributed by atoms with van der Waals surface area (Å²) in [6.07, 6.45) is 0. The highest BCUT2D eigenvalue weighted by Crippen LogP contribution is 2.35. The highest BCUT2D eigenvalue weighted by atomic mass is 32.2. The molecule has 3 rings (SSSR count). The highest BCUT2D eigenvalue weighted by molar-refractivity contribution is 8.01. The van der Waals surface area contributed by atoms with E-state index in [0.29, 0.717) is 14.8 Å². The molecule has 11 nitrogen and oxygen atoms in total. The highest BCUT2D eigenvalue weighted by Gasteiger charge is 2.22. The van der Waals surface area contributed by atoms with Crippen LogP contribution in [0.4, 0.5) is 17.1 Å². The summed E-state index contributed by atoms with van der Waals surface area (Å²) < 4.78 is 5.67. The van der Waals surface area contributed by atoms with Crippen LogP contribution in [0.25, 0.3) is 0 Å². The first-order chi connectivity index (χ1) is 15.7. The number of nitro groups is 2. The summed E-state index contributed by atoms with van der Waals surface area (Å²) in [5.74, 6) is -1.75. The summed E-state index contributed by atoms with van der Waals surface area (Å²) in [6.45, 7) is 2.65. The Kier molecular flexibility index (Phi) is 7.35. The number of nitrogens with zero attached hydrogens (tertiary/aromatic N) is 3. The lowest BCUT2D eigenvalue weighted by molar-refractivity contribution is -0.385. The van der Waals surface area contributed by atoms with Gasteiger partial charge in [0.1, 0.15) is 5.69 Å². The largest absolute Gasteiger partial charge is 0.452 e. The Morgan fingerprint density at radius 2 is 1.91 bits per heavy atom. The van der Waals surface area contributed by atoms with Crippen molar-refractivity contribution < 1.29 is 24.2 Å². The molecule has 0 aliphatic rings. The number of hydrogen-bond acceptors (Lipinski definition) is 10. The molecule has 33 heavy (non-hydrogen) atoms. The van der Waals surface area contributed by atoms with E-state index in [1.807, 2.05) is 12.3 Å². The molecule has 170 valence electrons. The molecular weight excluding hydrogens is 472 g/mol. The molecule has 1 N–H and O–H groups in total. The number of ether oxygens (including phenoxy) is 1. The maximum Gasteiger partial charge on any atom is 0.340 e. The lowest BCUT2D eigenvalue weighted by Gasteiger charge is -2.10. The minimum Gasteiger partial charge on any atom is -0.452 e. The van der Waals surface area contributed by atoms with Crippen molar-refractivity contribution >= 4 is 52.0 Å². The lowest BCUT2D eigenvalue weighted by atomic mass is 10.1. The normalized spacial score (nSPS) is 10.5. The maximum absolute atomic E-state index is 12.7. The Morgan fingerprint density at radius 3 is 2.55 bits per heavy atom. The van der Waals surface area contributed by atoms with Crippen LogP contribution in [0.5, 0.6) is 0 Å². The Labute approximate surface area is 195 Å². The van der Waals surface area contributed by atoms with E-state index in [0.717, 1.165) is 23.5 Å². The van der Waals surface area contributed by atoms with Crippen molar-refractivity contribution in [1.82, 2.24) is 4.98 Å². The van der Waals surface area contributed by atoms with Crippen LogP contribution >= 0.6 is 23.1 Å². The number of nitrogens with one attached hydrogen (secondary N) is 1. The van der Waals surface area contributed by atoms with E-state index >= 15 is 0 Å². The van der Waals surface area contributed by atoms with Crippen molar-refractivity contribution in [3.05, 3.63) is 78.8 Å². The van der Waals surface area contributed by atoms with Gasteiger partial charge in [-0.3, -0.25) is 25.0 Å². The second-order valence-electron chi connectivity index (χ2n) is 6.64. The van der Waals surface area contributed by atoms with Crippen molar-refractivity contribution in [2.45, 2.75) is 23.1 Å². The molecule has 0 saturated carbocycles. The van der Waals surface area contributed by atoms with E-state index in [9.17, 15) is 29.8 Å². The van der Waals surface area contributed by atoms with Gasteiger partial charge in [0.2, 0.25) is 0 Å². The van der Waals surface area contributed by atoms with Gasteiger partial charge in [0.05, 0.1) is 15.4 Å². The fourth-order valence-corrected chi connectivity index (χ4v) is 4.60. The predicted octanol–water partition coefficient (Wildman–Crippen LogP) is 4.52. The van der Waals surface area contributed by atoms with Crippen LogP contribution in [0.2, 0.25) is 0 Å². The Morgan fingerprint density at radius 1 is 1.15 bits per heavy atom. The fraction of sp³-hybridized carbons (Fsp3) is 0.150. The molecule has 0 saturated heterocycles. The van der Waals surface area contributed by atoms with Gasteiger partial charge in [-0.1, -0.05) is 23.9 Å². The molecule has 0 spiro atoms. The van der Waals surface area contributed by atoms with Crippen LogP contribution < -0.4 is 5.32 Å². The van der Waals surface area contributed by atoms with Gasteiger partial charge in [0.25, 0.3) is 17.3 Å². The summed E-state index contributed by atoms with van der Waals surface area (Å²) in [6, 6.07) is 8.03. The first kappa shape index (κ1) is 23.8. The topological polar surface area (TPSA) is 155 Å². The molecule has 0 unspecified atom stereocenters. The average Bonchev–Trinajstić information content (AvgIpc) is 3.17. The fourth-order valence-electron chi connectivity index (χ4n) is 2.70. The second kappa shape index (κ2) is 10.2. The molecule has 0 aliphatic heterocycles. The van der Waals surface area contributed by atoms with Crippen LogP contribution in [0.1, 0.15) is 21.6 Å². The smallest absolute Gasteiger partial charge is 0.340 e. The number of para-hydroxylation sites is 1. The number of esters is 1. The summed E-state index contributed by atoms with van der Waals surface area (Å²) >= 11 is 2.48. The van der Waals surface area contributed by atoms with Gasteiger partial charge in [0, 0.05) is 34.2 Å². The van der Waals surface area contributed by atoms with Gasteiger partial charge >= 0.3 is 5.97 Å². The number of non-ortho nitro benzene ring substituents is 1. The monoisotopic (exact) mass is 488 g/mol. The molecule has 2 aromatic carbocycles. The minimum atomic E-state index is -0.955. The number of hydrogen-bond donors (Lipinski definition) is 1. The van der Waals surface area contributed by atoms with E-state index in [1.54, 1.807) is 13.0 Å². The van der Waals surface area contributed by atoms with Crippen molar-refractivity contribution in [2.75, 3.05) is 11.9 Å². The lowest BCUT2D eigenvalue weighted by Crippen LogP contribution is -2.22. The number of rotatable bonds is 8. The Hall–Kier alpha value is -3.84. The van der Waals surface area contributed by atoms with Crippen molar-refractivity contribution in [1.29, 1.82) is 0 Å². The van der Waals surface area contributed by atoms with Gasteiger partial charge in [0.15, 0.2) is 10.9 Å². The van der Waals surface area contributed by atoms with Crippen LogP contribution in [-0.2, 0) is 9.53 Å². The number of aromatic nitrogens is 1. The minimum absolute atomic E-state index is 0.00529. The number of aryl methyl sites for hydroxylation is 2. The molecule has 0 radical (unpaired) electrons. The maximum atomic E-state index is 12.7. The van der Waals surface area contributed by atoms with Gasteiger partial charge in [-0.05, 0) is 25.5 Å². The molecule has 1 amide bonds. The zero-order valence-electron chi connectivity index (χ0n) is 17.3. The zero-order chi connectivity index (χ0) is 24.1. The van der Waals surface area contributed by atoms with Crippen LogP contribution in [0.15, 0.2) is 51.0 Å². The van der Waals surface area contributed by atoms with E-state index < -0.39 is 28.3 Å². The number of thiazole rings is 1. The molecular formula is C20H16N4O7S2. The van der Waals surface area contributed by atoms with Gasteiger partial charge in [-0.15, -0.1) is 11.3 Å². The van der Waals surface area contributed by atoms with Crippen LogP contribution in [-0.4, -0.2) is 33.3 Å². The van der Waals surface area contributed by atoms with Crippen LogP contribution in [0, 0.1) is 34.1 Å². The number of carbonyl (C=O) groups is 2. The van der Waals surface area contributed by atoms with Gasteiger partial charge < -0.3 is 10.1 Å². The van der Waals surface area contributed by atoms with E-state index in [1.165, 1.54) is 35.6 Å². The third-order valence-electron chi connectivity index (χ3n) is 4.24. The van der Waals surface area contributed by atoms with Crippen LogP contribution in [0.3, 0.4) is 0 Å². The summed E-state index contributed by atoms with van der Waals surface area (Å²) in [5, 5.41) is 26.5. The van der Waals surface area contributed by atoms with Gasteiger partial charge in [-0.2, -0.15) is 0 Å². The van der Waals surface area contributed by atoms with E-state index in [2.05, 4.69) is 10.3 Å². The number of anilines is 1. The molecule has 13 heteroatoms. The molecule has 0 bridgehead atoms. The molecule has 1 aromatic heterocycles. The van der Waals surface area contributed by atoms with E-state index in [-0.39, 0.29) is 22.6 Å². The quantitative estimate of drug-likeness (QED) is 0.274. The third kappa shape index (κ3) is 5.90. The number of carbonyl (C=O) groups excluding carboxylic acids is 2. The second-order valence-corrected chi connectivity index (χ2v) is 8.79. The SMILES string of the molecule is Cc1csc(Sc2ccc([N+](=O)[O-])cc2C(=O)OCC(=O)Nc2c(C)cccc2[N+](=O)[O-])n1. The van der Waals surface area contributed by atoms with Crippen molar-refractivity contribution in [3.8, 4) is 0 Å². The molecule has 1 heterocycles. The Bertz CT molecular complexity index is 1260. The zero-order valence-corrected chi connectivity index (χ0v) is 18.9. The predicted molar refractivity (Wildman–Crippen MR) is 121 cm³/mol.